The molecule has 1 atom stereocenters. The molecule has 0 bridgehead atoms. The van der Waals surface area contributed by atoms with E-state index in [4.69, 9.17) is 15.2 Å². The van der Waals surface area contributed by atoms with E-state index in [-0.39, 0.29) is 28.9 Å². The Morgan fingerprint density at radius 2 is 1.75 bits per heavy atom. The Hall–Kier alpha value is -2.09. The molecular weight excluding hydrogens is 322 g/mol. The van der Waals surface area contributed by atoms with Gasteiger partial charge in [0.05, 0.1) is 14.2 Å². The summed E-state index contributed by atoms with van der Waals surface area (Å²) in [6, 6.07) is 2.45. The molecule has 0 saturated heterocycles. The number of alkyl halides is 2. The minimum atomic E-state index is -3.04. The van der Waals surface area contributed by atoms with E-state index >= 15 is 0 Å². The first-order chi connectivity index (χ1) is 11.3. The van der Waals surface area contributed by atoms with Gasteiger partial charge in [0.2, 0.25) is 5.75 Å². The monoisotopic (exact) mass is 346 g/mol. The van der Waals surface area contributed by atoms with E-state index < -0.39 is 12.5 Å². The molecule has 1 aromatic carbocycles. The summed E-state index contributed by atoms with van der Waals surface area (Å²) < 4.78 is 39.5. The molecule has 0 heterocycles. The third kappa shape index (κ3) is 5.52. The molecular formula is C16H24F2N2O4. The first kappa shape index (κ1) is 20.0. The summed E-state index contributed by atoms with van der Waals surface area (Å²) in [5.41, 5.74) is 5.87. The van der Waals surface area contributed by atoms with Gasteiger partial charge in [-0.15, -0.1) is 0 Å². The second kappa shape index (κ2) is 9.27. The van der Waals surface area contributed by atoms with E-state index in [2.05, 4.69) is 10.1 Å². The molecule has 1 aromatic rings. The van der Waals surface area contributed by atoms with Gasteiger partial charge in [0.1, 0.15) is 0 Å². The zero-order valence-corrected chi connectivity index (χ0v) is 14.3. The van der Waals surface area contributed by atoms with E-state index in [9.17, 15) is 13.6 Å². The number of hydrogen-bond acceptors (Lipinski definition) is 5. The summed E-state index contributed by atoms with van der Waals surface area (Å²) in [5, 5.41) is 2.81. The van der Waals surface area contributed by atoms with Crippen molar-refractivity contribution in [3.8, 4) is 17.2 Å². The molecule has 0 spiro atoms. The molecule has 0 radical (unpaired) electrons. The third-order valence-corrected chi connectivity index (χ3v) is 3.31. The zero-order valence-electron chi connectivity index (χ0n) is 14.3. The van der Waals surface area contributed by atoms with E-state index in [0.717, 1.165) is 6.42 Å². The maximum absolute atomic E-state index is 12.5. The topological polar surface area (TPSA) is 82.8 Å². The van der Waals surface area contributed by atoms with E-state index in [1.54, 1.807) is 0 Å². The molecule has 0 aliphatic rings. The molecule has 0 saturated carbocycles. The van der Waals surface area contributed by atoms with Gasteiger partial charge in [-0.05, 0) is 24.5 Å². The Kier molecular flexibility index (Phi) is 7.70. The minimum Gasteiger partial charge on any atom is -0.493 e. The lowest BCUT2D eigenvalue weighted by Crippen LogP contribution is -2.41. The van der Waals surface area contributed by atoms with Crippen molar-refractivity contribution in [1.82, 2.24) is 5.32 Å². The number of benzene rings is 1. The van der Waals surface area contributed by atoms with E-state index in [1.807, 2.05) is 13.8 Å². The lowest BCUT2D eigenvalue weighted by Gasteiger charge is -2.20. The fraction of sp³-hybridized carbons (Fsp3) is 0.562. The van der Waals surface area contributed by atoms with Crippen molar-refractivity contribution >= 4 is 5.91 Å². The number of ether oxygens (including phenoxy) is 3. The highest BCUT2D eigenvalue weighted by atomic mass is 19.3. The molecule has 0 aromatic heterocycles. The predicted molar refractivity (Wildman–Crippen MR) is 85.9 cm³/mol. The van der Waals surface area contributed by atoms with Gasteiger partial charge < -0.3 is 25.3 Å². The van der Waals surface area contributed by atoms with Crippen LogP contribution in [-0.4, -0.2) is 39.3 Å². The highest BCUT2D eigenvalue weighted by Crippen LogP contribution is 2.39. The first-order valence-corrected chi connectivity index (χ1v) is 7.54. The normalized spacial score (nSPS) is 12.2. The number of halogens is 2. The molecule has 0 aliphatic heterocycles. The molecule has 1 unspecified atom stereocenters. The van der Waals surface area contributed by atoms with Crippen molar-refractivity contribution < 1.29 is 27.8 Å². The molecule has 3 N–H and O–H groups in total. The van der Waals surface area contributed by atoms with Crippen LogP contribution in [0.1, 0.15) is 30.6 Å². The van der Waals surface area contributed by atoms with Crippen LogP contribution in [0.5, 0.6) is 17.2 Å². The van der Waals surface area contributed by atoms with Gasteiger partial charge >= 0.3 is 6.61 Å². The van der Waals surface area contributed by atoms with Crippen molar-refractivity contribution in [3.05, 3.63) is 17.7 Å². The Morgan fingerprint density at radius 3 is 2.12 bits per heavy atom. The van der Waals surface area contributed by atoms with Crippen LogP contribution in [0, 0.1) is 5.92 Å². The largest absolute Gasteiger partial charge is 0.493 e. The zero-order chi connectivity index (χ0) is 18.3. The van der Waals surface area contributed by atoms with Crippen LogP contribution in [0.4, 0.5) is 8.78 Å². The Labute approximate surface area is 140 Å². The highest BCUT2D eigenvalue weighted by molar-refractivity contribution is 5.95. The maximum Gasteiger partial charge on any atom is 0.387 e. The lowest BCUT2D eigenvalue weighted by atomic mass is 10.0. The van der Waals surface area contributed by atoms with Crippen molar-refractivity contribution in [2.24, 2.45) is 11.7 Å². The van der Waals surface area contributed by atoms with Crippen molar-refractivity contribution in [1.29, 1.82) is 0 Å². The first-order valence-electron chi connectivity index (χ1n) is 7.54. The van der Waals surface area contributed by atoms with Gasteiger partial charge in [0.25, 0.3) is 5.91 Å². The standard InChI is InChI=1S/C16H24F2N2O4/c1-9(2)5-11(8-19)20-15(21)10-6-12(22-3)14(24-16(17)18)13(7-10)23-4/h6-7,9,11,16H,5,8,19H2,1-4H3,(H,20,21). The molecule has 24 heavy (non-hydrogen) atoms. The second-order valence-corrected chi connectivity index (χ2v) is 5.62. The Morgan fingerprint density at radius 1 is 1.21 bits per heavy atom. The quantitative estimate of drug-likeness (QED) is 0.717. The number of rotatable bonds is 9. The predicted octanol–water partition coefficient (Wildman–Crippen LogP) is 2.41. The molecule has 136 valence electrons. The van der Waals surface area contributed by atoms with Gasteiger partial charge in [-0.2, -0.15) is 8.78 Å². The van der Waals surface area contributed by atoms with Crippen LogP contribution in [-0.2, 0) is 0 Å². The number of nitrogens with two attached hydrogens (primary N) is 1. The van der Waals surface area contributed by atoms with Gasteiger partial charge in [-0.1, -0.05) is 13.8 Å². The van der Waals surface area contributed by atoms with E-state index in [0.29, 0.717) is 12.5 Å². The van der Waals surface area contributed by atoms with Gasteiger partial charge in [-0.25, -0.2) is 0 Å². The van der Waals surface area contributed by atoms with Crippen molar-refractivity contribution in [2.75, 3.05) is 20.8 Å². The molecule has 1 amide bonds. The lowest BCUT2D eigenvalue weighted by molar-refractivity contribution is -0.0526. The van der Waals surface area contributed by atoms with Crippen LogP contribution < -0.4 is 25.3 Å². The number of methoxy groups -OCH3 is 2. The summed E-state index contributed by atoms with van der Waals surface area (Å²) in [4.78, 5) is 12.4. The Balaban J connectivity index is 3.08. The second-order valence-electron chi connectivity index (χ2n) is 5.62. The molecule has 0 aliphatic carbocycles. The van der Waals surface area contributed by atoms with Crippen LogP contribution in [0.15, 0.2) is 12.1 Å². The number of amides is 1. The van der Waals surface area contributed by atoms with Crippen molar-refractivity contribution in [3.63, 3.8) is 0 Å². The summed E-state index contributed by atoms with van der Waals surface area (Å²) >= 11 is 0. The molecule has 1 rings (SSSR count). The maximum atomic E-state index is 12.5. The van der Waals surface area contributed by atoms with E-state index in [1.165, 1.54) is 26.4 Å². The van der Waals surface area contributed by atoms with Crippen LogP contribution in [0.3, 0.4) is 0 Å². The summed E-state index contributed by atoms with van der Waals surface area (Å²) in [6.45, 7) is 1.31. The van der Waals surface area contributed by atoms with Crippen LogP contribution in [0.2, 0.25) is 0 Å². The molecule has 8 heteroatoms. The average molecular weight is 346 g/mol. The molecule has 0 fully saturated rings. The Bertz CT molecular complexity index is 528. The number of nitrogens with one attached hydrogen (secondary N) is 1. The fourth-order valence-electron chi connectivity index (χ4n) is 2.27. The highest BCUT2D eigenvalue weighted by Gasteiger charge is 2.21. The summed E-state index contributed by atoms with van der Waals surface area (Å²) in [7, 11) is 2.58. The van der Waals surface area contributed by atoms with Crippen LogP contribution in [0.25, 0.3) is 0 Å². The summed E-state index contributed by atoms with van der Waals surface area (Å²) in [5.74, 6) is -0.332. The van der Waals surface area contributed by atoms with Gasteiger partial charge in [0.15, 0.2) is 11.5 Å². The van der Waals surface area contributed by atoms with Crippen LogP contribution >= 0.6 is 0 Å². The number of hydrogen-bond donors (Lipinski definition) is 2. The number of carbonyl (C=O) groups excluding carboxylic acids is 1. The molecule has 6 nitrogen and oxygen atoms in total. The van der Waals surface area contributed by atoms with Crippen molar-refractivity contribution in [2.45, 2.75) is 32.9 Å². The SMILES string of the molecule is COc1cc(C(=O)NC(CN)CC(C)C)cc(OC)c1OC(F)F. The smallest absolute Gasteiger partial charge is 0.387 e. The van der Waals surface area contributed by atoms with Gasteiger partial charge in [0, 0.05) is 18.2 Å². The van der Waals surface area contributed by atoms with Gasteiger partial charge in [-0.3, -0.25) is 4.79 Å². The number of carbonyl (C=O) groups is 1. The third-order valence-electron chi connectivity index (χ3n) is 3.31. The summed E-state index contributed by atoms with van der Waals surface area (Å²) in [6.07, 6.45) is 0.725. The minimum absolute atomic E-state index is 0.0204. The average Bonchev–Trinajstić information content (AvgIpc) is 2.53. The fourth-order valence-corrected chi connectivity index (χ4v) is 2.27.